The maximum Gasteiger partial charge on any atom is 0.309 e. The highest BCUT2D eigenvalue weighted by atomic mass is 16.6. The average molecular weight is 347 g/mol. The topological polar surface area (TPSA) is 58.9 Å². The Bertz CT molecular complexity index is 598. The molecule has 0 aliphatic heterocycles. The van der Waals surface area contributed by atoms with Crippen LogP contribution >= 0.6 is 0 Å². The number of oxime groups is 1. The molecule has 3 aliphatic rings. The van der Waals surface area contributed by atoms with E-state index in [1.807, 2.05) is 13.1 Å². The molecule has 3 rings (SSSR count). The van der Waals surface area contributed by atoms with Crippen molar-refractivity contribution in [1.29, 1.82) is 0 Å². The molecule has 0 aromatic carbocycles. The van der Waals surface area contributed by atoms with Crippen molar-refractivity contribution in [3.63, 3.8) is 0 Å². The Balaban J connectivity index is 1.87. The molecule has 1 N–H and O–H groups in total. The second-order valence-corrected chi connectivity index (χ2v) is 9.37. The van der Waals surface area contributed by atoms with E-state index in [1.54, 1.807) is 12.7 Å². The molecule has 2 unspecified atom stereocenters. The van der Waals surface area contributed by atoms with Crippen LogP contribution in [0.4, 0.5) is 0 Å². The highest BCUT2D eigenvalue weighted by Crippen LogP contribution is 2.63. The quantitative estimate of drug-likeness (QED) is 0.440. The van der Waals surface area contributed by atoms with Crippen LogP contribution in [0.5, 0.6) is 0 Å². The predicted molar refractivity (Wildman–Crippen MR) is 99.5 cm³/mol. The number of rotatable bonds is 4. The molecule has 0 spiro atoms. The number of aliphatic carboxylic acids is 1. The summed E-state index contributed by atoms with van der Waals surface area (Å²) in [5.74, 6) is 0.277. The Morgan fingerprint density at radius 2 is 2.12 bits per heavy atom. The van der Waals surface area contributed by atoms with Gasteiger partial charge in [0.15, 0.2) is 0 Å². The number of nitrogens with zero attached hydrogens (tertiary/aromatic N) is 1. The predicted octanol–water partition coefficient (Wildman–Crippen LogP) is 5.04. The molecule has 3 aliphatic carbocycles. The lowest BCUT2D eigenvalue weighted by Gasteiger charge is -2.58. The Kier molecular flexibility index (Phi) is 4.76. The summed E-state index contributed by atoms with van der Waals surface area (Å²) in [7, 11) is 1.59. The van der Waals surface area contributed by atoms with Gasteiger partial charge in [-0.05, 0) is 74.5 Å². The number of fused-ring (bicyclic) bond motifs is 3. The lowest BCUT2D eigenvalue weighted by atomic mass is 9.46. The first-order valence-corrected chi connectivity index (χ1v) is 9.74. The standard InChI is InChI=1S/C21H33NO3/c1-19(12-13-22-25-4)11-8-16-15(14-19)6-7-17-20(16,2)9-5-10-21(17,3)18(23)24/h8,13,15,17H,5-7,9-12,14H2,1-4H3,(H,23,24)/b22-13-/t15?,17?,19-,20+,21-/m1/s1. The number of allylic oxidation sites excluding steroid dienone is 2. The molecule has 25 heavy (non-hydrogen) atoms. The molecule has 4 nitrogen and oxygen atoms in total. The van der Waals surface area contributed by atoms with Crippen molar-refractivity contribution in [2.24, 2.45) is 33.2 Å². The van der Waals surface area contributed by atoms with Crippen LogP contribution in [-0.2, 0) is 9.63 Å². The molecule has 4 heteroatoms. The maximum atomic E-state index is 12.0. The van der Waals surface area contributed by atoms with Crippen molar-refractivity contribution in [3.05, 3.63) is 11.6 Å². The fourth-order valence-corrected chi connectivity index (χ4v) is 6.25. The SMILES string of the molecule is CO/N=C\C[C@@]1(C)CC=C2C(CCC3[C@](C)(C(=O)O)CCC[C@@]23C)C1. The van der Waals surface area contributed by atoms with Crippen molar-refractivity contribution >= 4 is 12.2 Å². The van der Waals surface area contributed by atoms with Crippen molar-refractivity contribution in [1.82, 2.24) is 0 Å². The van der Waals surface area contributed by atoms with E-state index in [0.717, 1.165) is 44.9 Å². The highest BCUT2D eigenvalue weighted by molar-refractivity contribution is 5.75. The summed E-state index contributed by atoms with van der Waals surface area (Å²) in [5.41, 5.74) is 1.31. The third-order valence-electron chi connectivity index (χ3n) is 7.64. The van der Waals surface area contributed by atoms with Gasteiger partial charge in [-0.15, -0.1) is 0 Å². The first-order valence-electron chi connectivity index (χ1n) is 9.74. The van der Waals surface area contributed by atoms with Gasteiger partial charge in [-0.1, -0.05) is 37.1 Å². The van der Waals surface area contributed by atoms with E-state index >= 15 is 0 Å². The van der Waals surface area contributed by atoms with Crippen LogP contribution in [0, 0.1) is 28.1 Å². The fraction of sp³-hybridized carbons (Fsp3) is 0.810. The summed E-state index contributed by atoms with van der Waals surface area (Å²) in [4.78, 5) is 16.9. The minimum Gasteiger partial charge on any atom is -0.481 e. The molecule has 140 valence electrons. The van der Waals surface area contributed by atoms with Crippen LogP contribution in [0.1, 0.15) is 72.1 Å². The highest BCUT2D eigenvalue weighted by Gasteiger charge is 2.57. The number of hydrogen-bond acceptors (Lipinski definition) is 3. The van der Waals surface area contributed by atoms with Crippen LogP contribution < -0.4 is 0 Å². The van der Waals surface area contributed by atoms with Crippen molar-refractivity contribution < 1.29 is 14.7 Å². The van der Waals surface area contributed by atoms with E-state index in [2.05, 4.69) is 25.1 Å². The maximum absolute atomic E-state index is 12.0. The van der Waals surface area contributed by atoms with E-state index in [1.165, 1.54) is 6.42 Å². The Morgan fingerprint density at radius 3 is 2.80 bits per heavy atom. The lowest BCUT2D eigenvalue weighted by molar-refractivity contribution is -0.160. The zero-order valence-electron chi connectivity index (χ0n) is 16.2. The average Bonchev–Trinajstić information content (AvgIpc) is 2.54. The molecule has 0 amide bonds. The zero-order valence-corrected chi connectivity index (χ0v) is 16.2. The molecule has 0 aromatic rings. The van der Waals surface area contributed by atoms with Crippen molar-refractivity contribution in [2.75, 3.05) is 7.11 Å². The van der Waals surface area contributed by atoms with Crippen LogP contribution in [0.25, 0.3) is 0 Å². The molecule has 0 saturated heterocycles. The second-order valence-electron chi connectivity index (χ2n) is 9.37. The summed E-state index contributed by atoms with van der Waals surface area (Å²) in [6, 6.07) is 0. The van der Waals surface area contributed by atoms with Crippen molar-refractivity contribution in [3.8, 4) is 0 Å². The van der Waals surface area contributed by atoms with Gasteiger partial charge in [0.25, 0.3) is 0 Å². The Labute approximate surface area is 151 Å². The van der Waals surface area contributed by atoms with E-state index < -0.39 is 11.4 Å². The molecule has 2 saturated carbocycles. The molecular formula is C21H33NO3. The summed E-state index contributed by atoms with van der Waals surface area (Å²) in [5, 5.41) is 13.8. The summed E-state index contributed by atoms with van der Waals surface area (Å²) < 4.78 is 0. The monoisotopic (exact) mass is 347 g/mol. The second kappa shape index (κ2) is 6.44. The number of hydrogen-bond donors (Lipinski definition) is 1. The Morgan fingerprint density at radius 1 is 1.36 bits per heavy atom. The first kappa shape index (κ1) is 18.5. The van der Waals surface area contributed by atoms with Gasteiger partial charge >= 0.3 is 5.97 Å². The molecule has 5 atom stereocenters. The van der Waals surface area contributed by atoms with E-state index in [-0.39, 0.29) is 16.7 Å². The molecule has 2 fully saturated rings. The van der Waals surface area contributed by atoms with Crippen LogP contribution in [0.15, 0.2) is 16.8 Å². The normalized spacial score (nSPS) is 43.9. The van der Waals surface area contributed by atoms with Gasteiger partial charge in [-0.2, -0.15) is 0 Å². The number of carboxylic acids is 1. The third-order valence-corrected chi connectivity index (χ3v) is 7.64. The van der Waals surface area contributed by atoms with Crippen LogP contribution in [0.2, 0.25) is 0 Å². The lowest BCUT2D eigenvalue weighted by Crippen LogP contribution is -2.52. The summed E-state index contributed by atoms with van der Waals surface area (Å²) in [6.45, 7) is 6.69. The van der Waals surface area contributed by atoms with Gasteiger partial charge in [0.2, 0.25) is 0 Å². The Hall–Kier alpha value is -1.32. The van der Waals surface area contributed by atoms with E-state index in [9.17, 15) is 9.90 Å². The number of carbonyl (C=O) groups is 1. The number of carboxylic acid groups (broad SMARTS) is 1. The van der Waals surface area contributed by atoms with Crippen LogP contribution in [-0.4, -0.2) is 24.4 Å². The molecule has 0 bridgehead atoms. The van der Waals surface area contributed by atoms with Gasteiger partial charge < -0.3 is 9.94 Å². The zero-order chi connectivity index (χ0) is 18.3. The van der Waals surface area contributed by atoms with Gasteiger partial charge in [0.1, 0.15) is 7.11 Å². The minimum atomic E-state index is -0.598. The first-order chi connectivity index (χ1) is 11.8. The molecular weight excluding hydrogens is 314 g/mol. The summed E-state index contributed by atoms with van der Waals surface area (Å²) >= 11 is 0. The van der Waals surface area contributed by atoms with Crippen LogP contribution in [0.3, 0.4) is 0 Å². The largest absolute Gasteiger partial charge is 0.481 e. The fourth-order valence-electron chi connectivity index (χ4n) is 6.25. The van der Waals surface area contributed by atoms with E-state index in [4.69, 9.17) is 4.84 Å². The minimum absolute atomic E-state index is 0.0657. The van der Waals surface area contributed by atoms with Gasteiger partial charge in [0, 0.05) is 6.21 Å². The molecule has 0 radical (unpaired) electrons. The van der Waals surface area contributed by atoms with Crippen molar-refractivity contribution in [2.45, 2.75) is 72.1 Å². The smallest absolute Gasteiger partial charge is 0.309 e. The molecule has 0 heterocycles. The van der Waals surface area contributed by atoms with E-state index in [0.29, 0.717) is 5.92 Å². The third kappa shape index (κ3) is 3.02. The molecule has 0 aromatic heterocycles. The summed E-state index contributed by atoms with van der Waals surface area (Å²) in [6.07, 6.45) is 12.7. The van der Waals surface area contributed by atoms with Gasteiger partial charge in [0.05, 0.1) is 5.41 Å². The van der Waals surface area contributed by atoms with Gasteiger partial charge in [-0.3, -0.25) is 4.79 Å². The van der Waals surface area contributed by atoms with Gasteiger partial charge in [-0.25, -0.2) is 0 Å².